The van der Waals surface area contributed by atoms with E-state index in [1.165, 1.54) is 0 Å². The van der Waals surface area contributed by atoms with Gasteiger partial charge in [0.05, 0.1) is 51.7 Å². The lowest BCUT2D eigenvalue weighted by Crippen LogP contribution is -2.41. The normalized spacial score (nSPS) is 11.1. The molecule has 0 aliphatic carbocycles. The second-order valence-corrected chi connectivity index (χ2v) is 18.9. The van der Waals surface area contributed by atoms with E-state index in [0.717, 1.165) is 35.7 Å². The number of nitrogens with zero attached hydrogens (tertiary/aromatic N) is 2. The van der Waals surface area contributed by atoms with Crippen molar-refractivity contribution < 1.29 is 47.7 Å². The third-order valence-corrected chi connectivity index (χ3v) is 13.4. The van der Waals surface area contributed by atoms with Crippen LogP contribution in [0.25, 0.3) is 0 Å². The largest absolute Gasteiger partial charge is 0.377 e. The lowest BCUT2D eigenvalue weighted by molar-refractivity contribution is -0.127. The van der Waals surface area contributed by atoms with Crippen LogP contribution in [-0.4, -0.2) is 169 Å². The van der Waals surface area contributed by atoms with Gasteiger partial charge in [-0.25, -0.2) is 9.97 Å². The van der Waals surface area contributed by atoms with Gasteiger partial charge in [-0.05, 0) is 98.5 Å². The van der Waals surface area contributed by atoms with Crippen molar-refractivity contribution in [1.29, 1.82) is 0 Å². The highest BCUT2D eigenvalue weighted by Gasteiger charge is 2.14. The van der Waals surface area contributed by atoms with Crippen LogP contribution in [0.2, 0.25) is 0 Å². The summed E-state index contributed by atoms with van der Waals surface area (Å²) in [7, 11) is 11.4. The maximum Gasteiger partial charge on any atom is 0.245 e. The Morgan fingerprint density at radius 3 is 1.32 bits per heavy atom. The van der Waals surface area contributed by atoms with Crippen molar-refractivity contribution in [1.82, 2.24) is 47.2 Å². The van der Waals surface area contributed by atoms with Gasteiger partial charge >= 0.3 is 0 Å². The van der Waals surface area contributed by atoms with Crippen LogP contribution in [0.3, 0.4) is 0 Å². The van der Waals surface area contributed by atoms with Crippen LogP contribution < -0.4 is 43.0 Å². The van der Waals surface area contributed by atoms with Crippen molar-refractivity contribution in [3.05, 3.63) is 48.8 Å². The Kier molecular flexibility index (Phi) is 51.4. The topological polar surface area (TPSA) is 275 Å². The molecule has 2 aromatic rings. The van der Waals surface area contributed by atoms with Crippen molar-refractivity contribution in [3.63, 3.8) is 0 Å². The number of unbranched alkanes of at least 4 members (excludes halogenated alkanes) is 2. The fraction of sp³-hybridized carbons (Fsp3) is 0.660. The van der Waals surface area contributed by atoms with Crippen LogP contribution in [0, 0.1) is 0 Å². The summed E-state index contributed by atoms with van der Waals surface area (Å²) in [6, 6.07) is 10.9. The molecule has 0 radical (unpaired) electrons. The number of nitrogens with two attached hydrogens (primary N) is 1. The molecule has 71 heavy (non-hydrogen) atoms. The third kappa shape index (κ3) is 44.7. The average Bonchev–Trinajstić information content (AvgIpc) is 3.39. The molecule has 2 heterocycles. The summed E-state index contributed by atoms with van der Waals surface area (Å²) < 4.78 is 21.3. The highest BCUT2D eigenvalue weighted by atomic mass is 33.1. The van der Waals surface area contributed by atoms with E-state index in [1.807, 2.05) is 64.1 Å². The molecule has 0 saturated carbocycles. The van der Waals surface area contributed by atoms with Gasteiger partial charge in [0.1, 0.15) is 23.3 Å². The number of carbonyl (C=O) groups excluding carboxylic acids is 6. The first-order valence-electron chi connectivity index (χ1n) is 24.2. The van der Waals surface area contributed by atoms with Crippen LogP contribution in [0.15, 0.2) is 58.8 Å². The first-order valence-corrected chi connectivity index (χ1v) is 28.9. The van der Waals surface area contributed by atoms with Gasteiger partial charge in [0.15, 0.2) is 0 Å². The van der Waals surface area contributed by atoms with Crippen LogP contribution in [0.5, 0.6) is 0 Å². The number of likely N-dealkylation sites (N-methyl/N-ethyl adjacent to an activating group) is 3. The second kappa shape index (κ2) is 52.6. The molecular formula is C47H84N10O10S4. The smallest absolute Gasteiger partial charge is 0.245 e. The molecule has 2 aromatic heterocycles. The standard InChI is InChI=1S/C22H37N5O5S2.C21H35N5O5S2.2C2H6/c1-23-18(22(30)24-2)7-3-5-10-25-20(29)17-32-15-14-31-13-12-26-19(28)9-16-33-34-21-8-4-6-11-27-21;1-23-17(21(22)29)6-2-4-9-24-19(28)16-31-14-13-30-12-11-25-18(27)8-15-32-33-20-7-3-5-10-26-20;2*1-2/h4,6,8,11,18,23H,3,5,7,9-10,12-17H2,1-2H3,(H,24,30)(H,25,29)(H,26,28);3,5,7,10,17,23H,2,4,6,8-9,11-16H2,1H3,(H2,22,29)(H,24,28)(H,25,27);2*1-2H3. The minimum Gasteiger partial charge on any atom is -0.377 e. The third-order valence-electron chi connectivity index (χ3n) is 8.82. The summed E-state index contributed by atoms with van der Waals surface area (Å²) in [6.45, 7) is 12.0. The van der Waals surface area contributed by atoms with E-state index in [4.69, 9.17) is 24.7 Å². The zero-order valence-corrected chi connectivity index (χ0v) is 46.3. The van der Waals surface area contributed by atoms with Gasteiger partial charge in [0, 0.05) is 70.0 Å². The van der Waals surface area contributed by atoms with Gasteiger partial charge < -0.3 is 61.9 Å². The molecule has 24 heteroatoms. The fourth-order valence-electron chi connectivity index (χ4n) is 5.25. The minimum atomic E-state index is -0.370. The number of hydrogen-bond acceptors (Lipinski definition) is 18. The van der Waals surface area contributed by atoms with E-state index in [9.17, 15) is 28.8 Å². The number of carbonyl (C=O) groups is 6. The summed E-state index contributed by atoms with van der Waals surface area (Å²) >= 11 is 0. The summed E-state index contributed by atoms with van der Waals surface area (Å²) in [5.41, 5.74) is 5.25. The SMILES string of the molecule is CC.CC.CNC(=O)C(CCCCNC(=O)COCCOCCNC(=O)CCSSc1ccccn1)NC.CNC(CCCCNC(=O)COCCOCCNC(=O)CCSSc1ccccn1)C(N)=O. The van der Waals surface area contributed by atoms with Crippen molar-refractivity contribution in [2.24, 2.45) is 5.73 Å². The van der Waals surface area contributed by atoms with Crippen LogP contribution in [0.1, 0.15) is 79.1 Å². The number of ether oxygens (including phenoxy) is 4. The van der Waals surface area contributed by atoms with E-state index in [1.54, 1.807) is 76.7 Å². The van der Waals surface area contributed by atoms with Crippen molar-refractivity contribution >= 4 is 78.6 Å². The lowest BCUT2D eigenvalue weighted by atomic mass is 10.1. The first-order chi connectivity index (χ1) is 34.6. The van der Waals surface area contributed by atoms with Crippen LogP contribution in [-0.2, 0) is 47.7 Å². The molecule has 6 amide bonds. The molecule has 0 saturated heterocycles. The number of pyridine rings is 2. The predicted octanol–water partition coefficient (Wildman–Crippen LogP) is 3.76. The number of aromatic nitrogens is 2. The Labute approximate surface area is 438 Å². The number of rotatable bonds is 40. The average molecular weight is 1080 g/mol. The van der Waals surface area contributed by atoms with Crippen molar-refractivity contribution in [2.45, 2.75) is 101 Å². The van der Waals surface area contributed by atoms with E-state index < -0.39 is 0 Å². The maximum atomic E-state index is 11.8. The second-order valence-electron chi connectivity index (χ2n) is 14.1. The van der Waals surface area contributed by atoms with Gasteiger partial charge in [0.2, 0.25) is 35.4 Å². The molecule has 9 N–H and O–H groups in total. The number of hydrogen-bond donors (Lipinski definition) is 8. The highest BCUT2D eigenvalue weighted by Crippen LogP contribution is 2.30. The summed E-state index contributed by atoms with van der Waals surface area (Å²) in [4.78, 5) is 78.1. The van der Waals surface area contributed by atoms with Crippen LogP contribution >= 0.6 is 43.2 Å². The molecular weight excluding hydrogens is 993 g/mol. The Balaban J connectivity index is 0. The zero-order valence-electron chi connectivity index (χ0n) is 43.0. The quantitative estimate of drug-likeness (QED) is 0.0349. The van der Waals surface area contributed by atoms with Crippen LogP contribution in [0.4, 0.5) is 0 Å². The molecule has 2 rings (SSSR count). The number of nitrogens with one attached hydrogen (secondary N) is 7. The van der Waals surface area contributed by atoms with E-state index in [0.29, 0.717) is 103 Å². The minimum absolute atomic E-state index is 0.0132. The molecule has 2 unspecified atom stereocenters. The Morgan fingerprint density at radius 1 is 0.535 bits per heavy atom. The van der Waals surface area contributed by atoms with Gasteiger partial charge in [0.25, 0.3) is 0 Å². The zero-order chi connectivity index (χ0) is 53.0. The Hall–Kier alpha value is -3.72. The summed E-state index contributed by atoms with van der Waals surface area (Å²) in [5, 5.41) is 21.5. The van der Waals surface area contributed by atoms with Gasteiger partial charge in [-0.2, -0.15) is 0 Å². The van der Waals surface area contributed by atoms with E-state index in [-0.39, 0.29) is 60.7 Å². The van der Waals surface area contributed by atoms with Gasteiger partial charge in [-0.3, -0.25) is 28.8 Å². The first kappa shape index (κ1) is 69.4. The van der Waals surface area contributed by atoms with E-state index in [2.05, 4.69) is 47.2 Å². The van der Waals surface area contributed by atoms with Gasteiger partial charge in [-0.1, -0.05) is 61.4 Å². The molecule has 0 spiro atoms. The highest BCUT2D eigenvalue weighted by molar-refractivity contribution is 8.77. The summed E-state index contributed by atoms with van der Waals surface area (Å²) in [6.07, 6.45) is 8.87. The van der Waals surface area contributed by atoms with Crippen molar-refractivity contribution in [3.8, 4) is 0 Å². The molecule has 0 bridgehead atoms. The summed E-state index contributed by atoms with van der Waals surface area (Å²) in [5.74, 6) is 0.603. The number of amides is 6. The Bertz CT molecular complexity index is 1620. The monoisotopic (exact) mass is 1080 g/mol. The fourth-order valence-corrected chi connectivity index (χ4v) is 8.99. The van der Waals surface area contributed by atoms with E-state index >= 15 is 0 Å². The lowest BCUT2D eigenvalue weighted by Gasteiger charge is -2.14. The molecule has 0 aliphatic heterocycles. The molecule has 406 valence electrons. The molecule has 0 aliphatic rings. The maximum absolute atomic E-state index is 11.8. The predicted molar refractivity (Wildman–Crippen MR) is 289 cm³/mol. The molecule has 20 nitrogen and oxygen atoms in total. The molecule has 0 fully saturated rings. The number of primary amides is 1. The molecule has 0 aromatic carbocycles. The van der Waals surface area contributed by atoms with Crippen molar-refractivity contribution in [2.75, 3.05) is 112 Å². The van der Waals surface area contributed by atoms with Gasteiger partial charge in [-0.15, -0.1) is 0 Å². The Morgan fingerprint density at radius 2 is 0.944 bits per heavy atom. The molecule has 2 atom stereocenters.